The predicted octanol–water partition coefficient (Wildman–Crippen LogP) is -7.32. The Balaban J connectivity index is -0.0000000450. The monoisotopic (exact) mass is 170 g/mol. The third-order valence-electron chi connectivity index (χ3n) is 0. The molecule has 0 aliphatic heterocycles. The zero-order valence-corrected chi connectivity index (χ0v) is 8.99. The summed E-state index contributed by atoms with van der Waals surface area (Å²) in [7, 11) is -2.92. The molecule has 0 spiro atoms. The van der Waals surface area contributed by atoms with Gasteiger partial charge in [-0.05, 0) is 0 Å². The molecule has 0 aromatic carbocycles. The molecule has 0 amide bonds. The van der Waals surface area contributed by atoms with E-state index in [1.807, 2.05) is 0 Å². The molecule has 0 saturated heterocycles. The summed E-state index contributed by atoms with van der Waals surface area (Å²) in [6, 6.07) is 0. The topological polar surface area (TPSA) is 69.2 Å². The van der Waals surface area contributed by atoms with Gasteiger partial charge in [-0.25, -0.2) is 0 Å². The van der Waals surface area contributed by atoms with E-state index in [2.05, 4.69) is 0 Å². The van der Waals surface area contributed by atoms with Crippen LogP contribution < -0.4 is 44.6 Å². The SMILES string of the molecule is [Na+].[O-]B([O-])[O-].[Sr+2]. The molecule has 0 atom stereocenters. The number of rotatable bonds is 0. The minimum Gasteiger partial charge on any atom is -0.907 e. The van der Waals surface area contributed by atoms with Crippen LogP contribution >= 0.6 is 0 Å². The average Bonchev–Trinajstić information content (AvgIpc) is 0.811. The molecule has 3 nitrogen and oxygen atoms in total. The molecule has 0 bridgehead atoms. The standard InChI is InChI=1S/BO3.Na.Sr/c2-1(3)4;;/q-3;+1;+2. The van der Waals surface area contributed by atoms with Crippen molar-refractivity contribution >= 4 is 52.8 Å². The zero-order valence-electron chi connectivity index (χ0n) is 3.51. The van der Waals surface area contributed by atoms with Gasteiger partial charge in [0.25, 0.3) is 0 Å². The second-order valence-electron chi connectivity index (χ2n) is 0.289. The van der Waals surface area contributed by atoms with E-state index in [0.717, 1.165) is 0 Å². The molecule has 0 rings (SSSR count). The van der Waals surface area contributed by atoms with Crippen LogP contribution in [0.4, 0.5) is 0 Å². The smallest absolute Gasteiger partial charge is 0.907 e. The van der Waals surface area contributed by atoms with Gasteiger partial charge in [-0.3, -0.25) is 7.32 Å². The first kappa shape index (κ1) is 15.8. The fourth-order valence-corrected chi connectivity index (χ4v) is 0. The van der Waals surface area contributed by atoms with E-state index in [4.69, 9.17) is 15.1 Å². The van der Waals surface area contributed by atoms with Crippen LogP contribution in [0.5, 0.6) is 0 Å². The van der Waals surface area contributed by atoms with Gasteiger partial charge in [0, 0.05) is 0 Å². The van der Waals surface area contributed by atoms with Gasteiger partial charge in [0.1, 0.15) is 0 Å². The molecule has 0 N–H and O–H groups in total. The van der Waals surface area contributed by atoms with Gasteiger partial charge < -0.3 is 15.1 Å². The van der Waals surface area contributed by atoms with E-state index >= 15 is 0 Å². The maximum absolute atomic E-state index is 8.42. The van der Waals surface area contributed by atoms with Crippen molar-refractivity contribution in [3.8, 4) is 0 Å². The van der Waals surface area contributed by atoms with Crippen LogP contribution in [-0.2, 0) is 0 Å². The molecule has 24 valence electrons. The molecule has 0 saturated carbocycles. The van der Waals surface area contributed by atoms with Gasteiger partial charge in [0.05, 0.1) is 0 Å². The molecule has 0 radical (unpaired) electrons. The Hall–Kier alpha value is 2.43. The van der Waals surface area contributed by atoms with Gasteiger partial charge in [0.15, 0.2) is 0 Å². The largest absolute Gasteiger partial charge is 2.00 e. The van der Waals surface area contributed by atoms with E-state index in [0.29, 0.717) is 0 Å². The Bertz CT molecular complexity index is 15.5. The second kappa shape index (κ2) is 10.4. The quantitative estimate of drug-likeness (QED) is 0.338. The first-order chi connectivity index (χ1) is 1.73. The van der Waals surface area contributed by atoms with E-state index in [1.165, 1.54) is 0 Å². The van der Waals surface area contributed by atoms with Crippen molar-refractivity contribution in [3.63, 3.8) is 0 Å². The Labute approximate surface area is 95.5 Å². The van der Waals surface area contributed by atoms with Crippen LogP contribution in [0.2, 0.25) is 0 Å². The molecular formula is BNaO3Sr. The summed E-state index contributed by atoms with van der Waals surface area (Å²) < 4.78 is 0. The summed E-state index contributed by atoms with van der Waals surface area (Å²) in [5, 5.41) is 25.2. The maximum atomic E-state index is 8.42. The Morgan fingerprint density at radius 2 is 1.00 bits per heavy atom. The summed E-state index contributed by atoms with van der Waals surface area (Å²) in [5.41, 5.74) is 0. The summed E-state index contributed by atoms with van der Waals surface area (Å²) in [5.74, 6) is 0. The third-order valence-corrected chi connectivity index (χ3v) is 0. The third kappa shape index (κ3) is 32.2. The summed E-state index contributed by atoms with van der Waals surface area (Å²) in [6.45, 7) is 0. The van der Waals surface area contributed by atoms with Gasteiger partial charge in [-0.2, -0.15) is 0 Å². The van der Waals surface area contributed by atoms with E-state index in [1.54, 1.807) is 0 Å². The Morgan fingerprint density at radius 3 is 1.00 bits per heavy atom. The van der Waals surface area contributed by atoms with E-state index in [-0.39, 0.29) is 75.0 Å². The minimum absolute atomic E-state index is 0. The molecule has 0 fully saturated rings. The van der Waals surface area contributed by atoms with Crippen molar-refractivity contribution in [2.24, 2.45) is 0 Å². The minimum atomic E-state index is -2.92. The van der Waals surface area contributed by atoms with Crippen molar-refractivity contribution in [1.82, 2.24) is 0 Å². The Kier molecular flexibility index (Phi) is 27.4. The fourth-order valence-electron chi connectivity index (χ4n) is 0. The van der Waals surface area contributed by atoms with Crippen molar-refractivity contribution in [2.45, 2.75) is 0 Å². The summed E-state index contributed by atoms with van der Waals surface area (Å²) >= 11 is 0. The zero-order chi connectivity index (χ0) is 3.58. The first-order valence-corrected chi connectivity index (χ1v) is 0.707. The molecule has 0 heterocycles. The molecule has 0 aliphatic rings. The molecule has 6 heteroatoms. The molecule has 0 aromatic heterocycles. The summed E-state index contributed by atoms with van der Waals surface area (Å²) in [4.78, 5) is 0. The number of hydrogen-bond acceptors (Lipinski definition) is 3. The van der Waals surface area contributed by atoms with Crippen LogP contribution in [0.15, 0.2) is 0 Å². The molecule has 6 heavy (non-hydrogen) atoms. The fraction of sp³-hybridized carbons (Fsp3) is 0. The van der Waals surface area contributed by atoms with Crippen LogP contribution in [0.1, 0.15) is 0 Å². The van der Waals surface area contributed by atoms with Gasteiger partial charge in [-0.15, -0.1) is 0 Å². The van der Waals surface area contributed by atoms with E-state index < -0.39 is 7.32 Å². The van der Waals surface area contributed by atoms with Gasteiger partial charge in [-0.1, -0.05) is 0 Å². The van der Waals surface area contributed by atoms with Crippen LogP contribution in [0.25, 0.3) is 0 Å². The van der Waals surface area contributed by atoms with Crippen molar-refractivity contribution < 1.29 is 44.6 Å². The average molecular weight is 169 g/mol. The van der Waals surface area contributed by atoms with Crippen LogP contribution in [0.3, 0.4) is 0 Å². The van der Waals surface area contributed by atoms with E-state index in [9.17, 15) is 0 Å². The normalized spacial score (nSPS) is 4.50. The number of hydrogen-bond donors (Lipinski definition) is 0. The summed E-state index contributed by atoms with van der Waals surface area (Å²) in [6.07, 6.45) is 0. The van der Waals surface area contributed by atoms with Gasteiger partial charge in [0.2, 0.25) is 0 Å². The first-order valence-electron chi connectivity index (χ1n) is 0.707. The van der Waals surface area contributed by atoms with Crippen LogP contribution in [0, 0.1) is 0 Å². The molecule has 0 aromatic rings. The van der Waals surface area contributed by atoms with Crippen molar-refractivity contribution in [2.75, 3.05) is 0 Å². The van der Waals surface area contributed by atoms with Crippen LogP contribution in [-0.4, -0.2) is 52.8 Å². The molecular weight excluding hydrogens is 169 g/mol. The Morgan fingerprint density at radius 1 is 1.00 bits per heavy atom. The second-order valence-corrected chi connectivity index (χ2v) is 0.289. The van der Waals surface area contributed by atoms with Crippen molar-refractivity contribution in [1.29, 1.82) is 0 Å². The predicted molar refractivity (Wildman–Crippen MR) is 11.5 cm³/mol. The van der Waals surface area contributed by atoms with Crippen molar-refractivity contribution in [3.05, 3.63) is 0 Å². The van der Waals surface area contributed by atoms with Gasteiger partial charge >= 0.3 is 75.0 Å². The molecule has 0 unspecified atom stereocenters. The molecule has 0 aliphatic carbocycles. The maximum Gasteiger partial charge on any atom is 2.00 e.